The fourth-order valence-electron chi connectivity index (χ4n) is 4.59. The van der Waals surface area contributed by atoms with Crippen LogP contribution in [0.1, 0.15) is 17.5 Å². The zero-order valence-corrected chi connectivity index (χ0v) is 18.2. The summed E-state index contributed by atoms with van der Waals surface area (Å²) in [6, 6.07) is 24.3. The van der Waals surface area contributed by atoms with Crippen molar-refractivity contribution >= 4 is 11.8 Å². The minimum atomic E-state index is -0.682. The van der Waals surface area contributed by atoms with Crippen LogP contribution in [0.5, 0.6) is 0 Å². The van der Waals surface area contributed by atoms with E-state index in [1.165, 1.54) is 12.1 Å². The first-order chi connectivity index (χ1) is 15.5. The van der Waals surface area contributed by atoms with Crippen LogP contribution >= 0.6 is 0 Å². The molecule has 0 aromatic heterocycles. The Morgan fingerprint density at radius 2 is 1.66 bits per heavy atom. The van der Waals surface area contributed by atoms with Gasteiger partial charge in [0, 0.05) is 20.1 Å². The van der Waals surface area contributed by atoms with Gasteiger partial charge in [-0.25, -0.2) is 4.39 Å². The largest absolute Gasteiger partial charge is 0.359 e. The van der Waals surface area contributed by atoms with Gasteiger partial charge in [0.1, 0.15) is 5.82 Å². The predicted octanol–water partition coefficient (Wildman–Crippen LogP) is 4.24. The van der Waals surface area contributed by atoms with Crippen LogP contribution in [-0.4, -0.2) is 36.9 Å². The Kier molecular flexibility index (Phi) is 6.35. The Morgan fingerprint density at radius 3 is 2.38 bits per heavy atom. The van der Waals surface area contributed by atoms with Crippen LogP contribution in [0.15, 0.2) is 78.9 Å². The predicted molar refractivity (Wildman–Crippen MR) is 123 cm³/mol. The molecule has 1 atom stereocenters. The van der Waals surface area contributed by atoms with E-state index in [2.05, 4.69) is 29.6 Å². The summed E-state index contributed by atoms with van der Waals surface area (Å²) in [6.07, 6.45) is 1.35. The zero-order valence-electron chi connectivity index (χ0n) is 18.2. The van der Waals surface area contributed by atoms with Crippen LogP contribution in [0.25, 0.3) is 11.1 Å². The lowest BCUT2D eigenvalue weighted by atomic mass is 9.78. The Morgan fingerprint density at radius 1 is 0.969 bits per heavy atom. The number of rotatable bonds is 6. The van der Waals surface area contributed by atoms with Crippen molar-refractivity contribution in [2.75, 3.05) is 20.1 Å². The third-order valence-electron chi connectivity index (χ3n) is 6.31. The molecule has 0 saturated carbocycles. The summed E-state index contributed by atoms with van der Waals surface area (Å²) in [4.78, 5) is 27.8. The van der Waals surface area contributed by atoms with Gasteiger partial charge >= 0.3 is 0 Å². The molecule has 0 aliphatic carbocycles. The Balaban J connectivity index is 1.57. The fourth-order valence-corrected chi connectivity index (χ4v) is 4.59. The number of nitrogens with zero attached hydrogens (tertiary/aromatic N) is 1. The van der Waals surface area contributed by atoms with Gasteiger partial charge in [-0.15, -0.1) is 0 Å². The zero-order chi connectivity index (χ0) is 22.6. The maximum atomic E-state index is 13.2. The molecular formula is C27H27FN2O2. The highest BCUT2D eigenvalue weighted by atomic mass is 19.1. The molecule has 4 rings (SSSR count). The number of hydrogen-bond donors (Lipinski definition) is 1. The summed E-state index contributed by atoms with van der Waals surface area (Å²) >= 11 is 0. The third kappa shape index (κ3) is 4.57. The number of carbonyl (C=O) groups excluding carboxylic acids is 2. The molecule has 32 heavy (non-hydrogen) atoms. The van der Waals surface area contributed by atoms with Crippen LogP contribution in [0.4, 0.5) is 4.39 Å². The summed E-state index contributed by atoms with van der Waals surface area (Å²) in [5.41, 5.74) is 3.39. The van der Waals surface area contributed by atoms with E-state index >= 15 is 0 Å². The average Bonchev–Trinajstić information content (AvgIpc) is 3.26. The molecule has 5 heteroatoms. The molecule has 1 aliphatic rings. The van der Waals surface area contributed by atoms with Crippen molar-refractivity contribution in [3.05, 3.63) is 95.8 Å². The molecule has 1 fully saturated rings. The van der Waals surface area contributed by atoms with Gasteiger partial charge in [0.15, 0.2) is 0 Å². The van der Waals surface area contributed by atoms with E-state index in [1.807, 2.05) is 30.3 Å². The van der Waals surface area contributed by atoms with Gasteiger partial charge in [-0.1, -0.05) is 66.7 Å². The molecule has 3 aromatic carbocycles. The van der Waals surface area contributed by atoms with Gasteiger partial charge in [-0.05, 0) is 47.2 Å². The van der Waals surface area contributed by atoms with Crippen molar-refractivity contribution in [1.82, 2.24) is 10.2 Å². The van der Waals surface area contributed by atoms with Gasteiger partial charge in [0.2, 0.25) is 11.8 Å². The van der Waals surface area contributed by atoms with Crippen molar-refractivity contribution in [3.63, 3.8) is 0 Å². The monoisotopic (exact) mass is 430 g/mol. The van der Waals surface area contributed by atoms with Gasteiger partial charge < -0.3 is 10.2 Å². The van der Waals surface area contributed by atoms with Crippen molar-refractivity contribution in [3.8, 4) is 11.1 Å². The van der Waals surface area contributed by atoms with Gasteiger partial charge in [0.05, 0.1) is 11.8 Å². The standard InChI is InChI=1S/C27H27FN2O2/c1-29-26(32)27(18-22-9-5-6-10-24(22)21-7-3-2-4-8-21)15-16-30(19-27)25(31)17-20-11-13-23(28)14-12-20/h2-14H,15-19H2,1H3,(H,29,32)/t27-/m0/s1. The minimum absolute atomic E-state index is 0.0428. The van der Waals surface area contributed by atoms with E-state index in [-0.39, 0.29) is 24.1 Å². The van der Waals surface area contributed by atoms with Crippen molar-refractivity contribution < 1.29 is 14.0 Å². The maximum absolute atomic E-state index is 13.2. The van der Waals surface area contributed by atoms with Crippen molar-refractivity contribution in [2.45, 2.75) is 19.3 Å². The molecular weight excluding hydrogens is 403 g/mol. The molecule has 2 amide bonds. The summed E-state index contributed by atoms with van der Waals surface area (Å²) in [6.45, 7) is 0.900. The topological polar surface area (TPSA) is 49.4 Å². The van der Waals surface area contributed by atoms with Crippen LogP contribution in [0, 0.1) is 11.2 Å². The second kappa shape index (κ2) is 9.35. The van der Waals surface area contributed by atoms with E-state index in [0.717, 1.165) is 22.3 Å². The van der Waals surface area contributed by atoms with Crippen LogP contribution in [-0.2, 0) is 22.4 Å². The fraction of sp³-hybridized carbons (Fsp3) is 0.259. The molecule has 164 valence electrons. The third-order valence-corrected chi connectivity index (χ3v) is 6.31. The highest BCUT2D eigenvalue weighted by Gasteiger charge is 2.45. The lowest BCUT2D eigenvalue weighted by molar-refractivity contribution is -0.132. The number of amides is 2. The number of nitrogens with one attached hydrogen (secondary N) is 1. The molecule has 0 unspecified atom stereocenters. The number of benzene rings is 3. The maximum Gasteiger partial charge on any atom is 0.228 e. The lowest BCUT2D eigenvalue weighted by Gasteiger charge is -2.28. The molecule has 1 N–H and O–H groups in total. The van der Waals surface area contributed by atoms with E-state index in [4.69, 9.17) is 0 Å². The van der Waals surface area contributed by atoms with Gasteiger partial charge in [-0.3, -0.25) is 9.59 Å². The van der Waals surface area contributed by atoms with E-state index in [0.29, 0.717) is 25.9 Å². The van der Waals surface area contributed by atoms with Gasteiger partial charge in [0.25, 0.3) is 0 Å². The summed E-state index contributed by atoms with van der Waals surface area (Å²) in [7, 11) is 1.65. The summed E-state index contributed by atoms with van der Waals surface area (Å²) in [5.74, 6) is -0.408. The van der Waals surface area contributed by atoms with E-state index < -0.39 is 5.41 Å². The molecule has 1 saturated heterocycles. The smallest absolute Gasteiger partial charge is 0.228 e. The van der Waals surface area contributed by atoms with Crippen LogP contribution < -0.4 is 5.32 Å². The summed E-state index contributed by atoms with van der Waals surface area (Å²) < 4.78 is 13.2. The molecule has 3 aromatic rings. The van der Waals surface area contributed by atoms with Crippen molar-refractivity contribution in [1.29, 1.82) is 0 Å². The number of hydrogen-bond acceptors (Lipinski definition) is 2. The molecule has 1 aliphatic heterocycles. The first-order valence-electron chi connectivity index (χ1n) is 10.9. The molecule has 0 bridgehead atoms. The molecule has 0 spiro atoms. The van der Waals surface area contributed by atoms with Gasteiger partial charge in [-0.2, -0.15) is 0 Å². The Bertz CT molecular complexity index is 1100. The average molecular weight is 431 g/mol. The molecule has 0 radical (unpaired) electrons. The number of carbonyl (C=O) groups is 2. The lowest BCUT2D eigenvalue weighted by Crippen LogP contribution is -2.44. The summed E-state index contributed by atoms with van der Waals surface area (Å²) in [5, 5.41) is 2.82. The molecule has 1 heterocycles. The number of likely N-dealkylation sites (tertiary alicyclic amines) is 1. The van der Waals surface area contributed by atoms with E-state index in [1.54, 1.807) is 24.1 Å². The Hall–Kier alpha value is -3.47. The van der Waals surface area contributed by atoms with Crippen molar-refractivity contribution in [2.24, 2.45) is 5.41 Å². The highest BCUT2D eigenvalue weighted by Crippen LogP contribution is 2.37. The van der Waals surface area contributed by atoms with E-state index in [9.17, 15) is 14.0 Å². The van der Waals surface area contributed by atoms with Crippen LogP contribution in [0.3, 0.4) is 0 Å². The highest BCUT2D eigenvalue weighted by molar-refractivity contribution is 5.86. The minimum Gasteiger partial charge on any atom is -0.359 e. The molecule has 4 nitrogen and oxygen atoms in total. The number of halogens is 1. The second-order valence-electron chi connectivity index (χ2n) is 8.43. The normalized spacial score (nSPS) is 17.9. The second-order valence-corrected chi connectivity index (χ2v) is 8.43. The first kappa shape index (κ1) is 21.8. The Labute approximate surface area is 188 Å². The van der Waals surface area contributed by atoms with Crippen LogP contribution in [0.2, 0.25) is 0 Å². The first-order valence-corrected chi connectivity index (χ1v) is 10.9. The quantitative estimate of drug-likeness (QED) is 0.636. The SMILES string of the molecule is CNC(=O)[C@]1(Cc2ccccc2-c2ccccc2)CCN(C(=O)Cc2ccc(F)cc2)C1.